The van der Waals surface area contributed by atoms with Gasteiger partial charge in [-0.2, -0.15) is 0 Å². The van der Waals surface area contributed by atoms with E-state index < -0.39 is 6.04 Å². The number of rotatable bonds is 7. The first-order valence-corrected chi connectivity index (χ1v) is 10.6. The Labute approximate surface area is 195 Å². The molecule has 1 fully saturated rings. The van der Waals surface area contributed by atoms with Crippen LogP contribution in [0.3, 0.4) is 0 Å². The predicted molar refractivity (Wildman–Crippen MR) is 125 cm³/mol. The molecule has 0 spiro atoms. The number of hydrogen-bond acceptors (Lipinski definition) is 4. The second-order valence-corrected chi connectivity index (χ2v) is 8.13. The second-order valence-electron chi connectivity index (χ2n) is 6.89. The number of halogens is 2. The predicted octanol–water partition coefficient (Wildman–Crippen LogP) is 3.46. The lowest BCUT2D eigenvalue weighted by Crippen LogP contribution is -2.42. The standard InChI is InChI=1S/C21H20Cl2N4O3S/c1-13(28)24-9-10-26-18(12-19(29)25-16-7-5-14(22)6-8-16)20(30)27(21(26)31)17-4-2-3-15(23)11-17/h2-8,11,18H,9-10,12H2,1H3,(H,24,28)(H,25,29). The Bertz CT molecular complexity index is 1020. The molecule has 1 atom stereocenters. The summed E-state index contributed by atoms with van der Waals surface area (Å²) in [6, 6.07) is 12.6. The molecule has 0 saturated carbocycles. The van der Waals surface area contributed by atoms with Crippen molar-refractivity contribution in [1.29, 1.82) is 0 Å². The average molecular weight is 479 g/mol. The van der Waals surface area contributed by atoms with Crippen LogP contribution >= 0.6 is 35.4 Å². The van der Waals surface area contributed by atoms with Gasteiger partial charge in [0.15, 0.2) is 5.11 Å². The van der Waals surface area contributed by atoms with Crippen molar-refractivity contribution in [3.05, 3.63) is 58.6 Å². The monoisotopic (exact) mass is 478 g/mol. The summed E-state index contributed by atoms with van der Waals surface area (Å²) in [5, 5.41) is 6.71. The molecule has 0 bridgehead atoms. The maximum Gasteiger partial charge on any atom is 0.256 e. The topological polar surface area (TPSA) is 81.8 Å². The Kier molecular flexibility index (Phi) is 7.48. The summed E-state index contributed by atoms with van der Waals surface area (Å²) in [6.45, 7) is 1.96. The van der Waals surface area contributed by atoms with Crippen molar-refractivity contribution in [3.8, 4) is 0 Å². The Hall–Kier alpha value is -2.68. The fourth-order valence-electron chi connectivity index (χ4n) is 3.21. The molecule has 7 nitrogen and oxygen atoms in total. The minimum Gasteiger partial charge on any atom is -0.355 e. The van der Waals surface area contributed by atoms with Gasteiger partial charge in [0, 0.05) is 35.7 Å². The van der Waals surface area contributed by atoms with E-state index in [-0.39, 0.29) is 42.3 Å². The smallest absolute Gasteiger partial charge is 0.256 e. The Morgan fingerprint density at radius 3 is 2.45 bits per heavy atom. The molecule has 31 heavy (non-hydrogen) atoms. The number of nitrogens with one attached hydrogen (secondary N) is 2. The zero-order valence-corrected chi connectivity index (χ0v) is 18.9. The Morgan fingerprint density at radius 1 is 1.10 bits per heavy atom. The molecule has 1 unspecified atom stereocenters. The van der Waals surface area contributed by atoms with Gasteiger partial charge in [-0.25, -0.2) is 0 Å². The van der Waals surface area contributed by atoms with E-state index in [4.69, 9.17) is 35.4 Å². The summed E-state index contributed by atoms with van der Waals surface area (Å²) in [4.78, 5) is 40.2. The highest BCUT2D eigenvalue weighted by molar-refractivity contribution is 7.80. The number of benzene rings is 2. The third kappa shape index (κ3) is 5.72. The van der Waals surface area contributed by atoms with Crippen molar-refractivity contribution < 1.29 is 14.4 Å². The zero-order chi connectivity index (χ0) is 22.5. The largest absolute Gasteiger partial charge is 0.355 e. The highest BCUT2D eigenvalue weighted by Crippen LogP contribution is 2.29. The van der Waals surface area contributed by atoms with Crippen LogP contribution in [0.25, 0.3) is 0 Å². The lowest BCUT2D eigenvalue weighted by Gasteiger charge is -2.24. The van der Waals surface area contributed by atoms with Crippen LogP contribution in [0.4, 0.5) is 11.4 Å². The van der Waals surface area contributed by atoms with Gasteiger partial charge in [-0.3, -0.25) is 19.3 Å². The molecule has 3 rings (SSSR count). The van der Waals surface area contributed by atoms with Crippen LogP contribution in [0, 0.1) is 0 Å². The van der Waals surface area contributed by atoms with E-state index in [1.54, 1.807) is 53.4 Å². The molecule has 1 saturated heterocycles. The van der Waals surface area contributed by atoms with E-state index in [0.29, 0.717) is 21.4 Å². The van der Waals surface area contributed by atoms with Crippen molar-refractivity contribution in [2.45, 2.75) is 19.4 Å². The van der Waals surface area contributed by atoms with Gasteiger partial charge in [0.2, 0.25) is 11.8 Å². The first kappa shape index (κ1) is 23.0. The van der Waals surface area contributed by atoms with Crippen molar-refractivity contribution in [3.63, 3.8) is 0 Å². The molecule has 1 aliphatic rings. The third-order valence-corrected chi connectivity index (χ3v) is 5.52. The van der Waals surface area contributed by atoms with Crippen LogP contribution in [0.15, 0.2) is 48.5 Å². The van der Waals surface area contributed by atoms with Gasteiger partial charge in [0.1, 0.15) is 6.04 Å². The fraction of sp³-hybridized carbons (Fsp3) is 0.238. The number of anilines is 2. The zero-order valence-electron chi connectivity index (χ0n) is 16.6. The quantitative estimate of drug-likeness (QED) is 0.595. The normalized spacial score (nSPS) is 15.9. The van der Waals surface area contributed by atoms with Gasteiger partial charge in [-0.15, -0.1) is 0 Å². The highest BCUT2D eigenvalue weighted by atomic mass is 35.5. The summed E-state index contributed by atoms with van der Waals surface area (Å²) in [7, 11) is 0. The number of carbonyl (C=O) groups is 3. The fourth-order valence-corrected chi connectivity index (χ4v) is 3.94. The molecule has 0 aliphatic carbocycles. The summed E-state index contributed by atoms with van der Waals surface area (Å²) in [5.41, 5.74) is 1.09. The van der Waals surface area contributed by atoms with Crippen molar-refractivity contribution in [1.82, 2.24) is 10.2 Å². The Balaban J connectivity index is 1.80. The van der Waals surface area contributed by atoms with Crippen molar-refractivity contribution >= 4 is 69.6 Å². The third-order valence-electron chi connectivity index (χ3n) is 4.62. The van der Waals surface area contributed by atoms with E-state index in [2.05, 4.69) is 10.6 Å². The lowest BCUT2D eigenvalue weighted by molar-refractivity contribution is -0.124. The molecule has 2 aromatic rings. The average Bonchev–Trinajstić information content (AvgIpc) is 2.93. The van der Waals surface area contributed by atoms with Crippen LogP contribution in [-0.4, -0.2) is 46.9 Å². The van der Waals surface area contributed by atoms with Gasteiger partial charge >= 0.3 is 0 Å². The van der Waals surface area contributed by atoms with Gasteiger partial charge in [0.25, 0.3) is 5.91 Å². The van der Waals surface area contributed by atoms with Crippen LogP contribution < -0.4 is 15.5 Å². The molecular weight excluding hydrogens is 459 g/mol. The van der Waals surface area contributed by atoms with E-state index in [9.17, 15) is 14.4 Å². The molecule has 3 amide bonds. The molecule has 2 aromatic carbocycles. The van der Waals surface area contributed by atoms with E-state index in [1.165, 1.54) is 11.8 Å². The SMILES string of the molecule is CC(=O)NCCN1C(=S)N(c2cccc(Cl)c2)C(=O)C1CC(=O)Nc1ccc(Cl)cc1. The molecule has 162 valence electrons. The molecule has 1 aliphatic heterocycles. The van der Waals surface area contributed by atoms with E-state index in [0.717, 1.165) is 0 Å². The maximum atomic E-state index is 13.2. The van der Waals surface area contributed by atoms with Gasteiger partial charge < -0.3 is 15.5 Å². The number of carbonyl (C=O) groups excluding carboxylic acids is 3. The minimum atomic E-state index is -0.812. The number of amides is 3. The van der Waals surface area contributed by atoms with Crippen LogP contribution in [0.2, 0.25) is 10.0 Å². The van der Waals surface area contributed by atoms with Gasteiger partial charge in [-0.1, -0.05) is 29.3 Å². The summed E-state index contributed by atoms with van der Waals surface area (Å²) in [6.07, 6.45) is -0.112. The maximum absolute atomic E-state index is 13.2. The number of thiocarbonyl (C=S) groups is 1. The lowest BCUT2D eigenvalue weighted by atomic mass is 10.1. The number of nitrogens with zero attached hydrogens (tertiary/aromatic N) is 2. The summed E-state index contributed by atoms with van der Waals surface area (Å²) >= 11 is 17.5. The van der Waals surface area contributed by atoms with Crippen LogP contribution in [0.1, 0.15) is 13.3 Å². The minimum absolute atomic E-state index is 0.112. The first-order chi connectivity index (χ1) is 14.8. The molecule has 0 radical (unpaired) electrons. The van der Waals surface area contributed by atoms with Gasteiger partial charge in [-0.05, 0) is 54.7 Å². The van der Waals surface area contributed by atoms with Crippen molar-refractivity contribution in [2.75, 3.05) is 23.3 Å². The summed E-state index contributed by atoms with van der Waals surface area (Å²) in [5.74, 6) is -0.873. The molecule has 10 heteroatoms. The van der Waals surface area contributed by atoms with E-state index in [1.807, 2.05) is 0 Å². The number of hydrogen-bond donors (Lipinski definition) is 2. The van der Waals surface area contributed by atoms with E-state index >= 15 is 0 Å². The molecular formula is C21H20Cl2N4O3S. The van der Waals surface area contributed by atoms with Crippen LogP contribution in [0.5, 0.6) is 0 Å². The highest BCUT2D eigenvalue weighted by Gasteiger charge is 2.43. The molecule has 0 aromatic heterocycles. The molecule has 2 N–H and O–H groups in total. The Morgan fingerprint density at radius 2 is 1.81 bits per heavy atom. The summed E-state index contributed by atoms with van der Waals surface area (Å²) < 4.78 is 0. The second kappa shape index (κ2) is 10.1. The van der Waals surface area contributed by atoms with Gasteiger partial charge in [0.05, 0.1) is 12.1 Å². The first-order valence-electron chi connectivity index (χ1n) is 9.46. The van der Waals surface area contributed by atoms with Crippen LogP contribution in [-0.2, 0) is 14.4 Å². The van der Waals surface area contributed by atoms with Crippen molar-refractivity contribution in [2.24, 2.45) is 0 Å². The molecule has 1 heterocycles.